The van der Waals surface area contributed by atoms with Crippen LogP contribution in [0.4, 0.5) is 0 Å². The van der Waals surface area contributed by atoms with Crippen molar-refractivity contribution in [3.63, 3.8) is 0 Å². The molecule has 0 bridgehead atoms. The average molecular weight is 403 g/mol. The Morgan fingerprint density at radius 3 is 1.74 bits per heavy atom. The standard InChI is InChI=1S/C18H9Cl5/c19-11-6-4-10(5-7-11)13-8-12(20)9-14(18(13)23)17-15(21)2-1-3-16(17)22/h1-9H. The zero-order valence-electron chi connectivity index (χ0n) is 11.6. The summed E-state index contributed by atoms with van der Waals surface area (Å²) in [6, 6.07) is 16.3. The van der Waals surface area contributed by atoms with Crippen molar-refractivity contribution in [2.45, 2.75) is 0 Å². The van der Waals surface area contributed by atoms with Crippen LogP contribution in [0.25, 0.3) is 22.3 Å². The fraction of sp³-hybridized carbons (Fsp3) is 0. The normalized spacial score (nSPS) is 10.8. The van der Waals surface area contributed by atoms with E-state index >= 15 is 0 Å². The molecule has 5 heteroatoms. The first-order valence-corrected chi connectivity index (χ1v) is 8.55. The van der Waals surface area contributed by atoms with Crippen LogP contribution in [0.3, 0.4) is 0 Å². The molecule has 0 nitrogen and oxygen atoms in total. The second-order valence-electron chi connectivity index (χ2n) is 4.92. The van der Waals surface area contributed by atoms with Crippen molar-refractivity contribution in [3.8, 4) is 22.3 Å². The fourth-order valence-corrected chi connectivity index (χ4v) is 3.62. The second kappa shape index (κ2) is 6.93. The fourth-order valence-electron chi connectivity index (χ4n) is 2.37. The molecule has 0 aromatic heterocycles. The summed E-state index contributed by atoms with van der Waals surface area (Å²) in [5.41, 5.74) is 3.06. The van der Waals surface area contributed by atoms with E-state index in [0.29, 0.717) is 36.2 Å². The molecule has 3 aromatic rings. The molecule has 0 aliphatic carbocycles. The van der Waals surface area contributed by atoms with Gasteiger partial charge in [-0.25, -0.2) is 0 Å². The monoisotopic (exact) mass is 400 g/mol. The Morgan fingerprint density at radius 2 is 1.13 bits per heavy atom. The van der Waals surface area contributed by atoms with E-state index in [1.165, 1.54) is 0 Å². The molecule has 0 unspecified atom stereocenters. The van der Waals surface area contributed by atoms with Crippen molar-refractivity contribution >= 4 is 58.0 Å². The first-order chi connectivity index (χ1) is 11.0. The number of rotatable bonds is 2. The van der Waals surface area contributed by atoms with Gasteiger partial charge in [0.2, 0.25) is 0 Å². The Bertz CT molecular complexity index is 849. The number of hydrogen-bond acceptors (Lipinski definition) is 0. The lowest BCUT2D eigenvalue weighted by molar-refractivity contribution is 1.58. The van der Waals surface area contributed by atoms with Crippen LogP contribution in [0, 0.1) is 0 Å². The van der Waals surface area contributed by atoms with Gasteiger partial charge in [-0.1, -0.05) is 76.2 Å². The summed E-state index contributed by atoms with van der Waals surface area (Å²) in [7, 11) is 0. The lowest BCUT2D eigenvalue weighted by Crippen LogP contribution is -1.88. The van der Waals surface area contributed by atoms with Crippen LogP contribution >= 0.6 is 58.0 Å². The van der Waals surface area contributed by atoms with Crippen molar-refractivity contribution in [1.82, 2.24) is 0 Å². The van der Waals surface area contributed by atoms with E-state index in [2.05, 4.69) is 0 Å². The highest BCUT2D eigenvalue weighted by Gasteiger charge is 2.16. The van der Waals surface area contributed by atoms with Gasteiger partial charge in [-0.15, -0.1) is 0 Å². The molecule has 0 amide bonds. The van der Waals surface area contributed by atoms with Gasteiger partial charge < -0.3 is 0 Å². The van der Waals surface area contributed by atoms with Crippen molar-refractivity contribution in [3.05, 3.63) is 79.7 Å². The van der Waals surface area contributed by atoms with Crippen LogP contribution in [0.2, 0.25) is 25.1 Å². The van der Waals surface area contributed by atoms with E-state index < -0.39 is 0 Å². The summed E-state index contributed by atoms with van der Waals surface area (Å²) in [5.74, 6) is 0. The third kappa shape index (κ3) is 3.47. The molecular weight excluding hydrogens is 393 g/mol. The van der Waals surface area contributed by atoms with E-state index in [0.717, 1.165) is 11.1 Å². The van der Waals surface area contributed by atoms with Crippen LogP contribution in [0.15, 0.2) is 54.6 Å². The first-order valence-electron chi connectivity index (χ1n) is 6.66. The molecule has 3 rings (SSSR count). The Kier molecular flexibility index (Phi) is 5.10. The van der Waals surface area contributed by atoms with E-state index in [9.17, 15) is 0 Å². The zero-order chi connectivity index (χ0) is 16.6. The van der Waals surface area contributed by atoms with E-state index in [4.69, 9.17) is 58.0 Å². The largest absolute Gasteiger partial charge is 0.0843 e. The Balaban J connectivity index is 2.26. The molecular formula is C18H9Cl5. The van der Waals surface area contributed by atoms with Gasteiger partial charge in [0, 0.05) is 36.8 Å². The maximum Gasteiger partial charge on any atom is 0.0564 e. The predicted octanol–water partition coefficient (Wildman–Crippen LogP) is 8.29. The summed E-state index contributed by atoms with van der Waals surface area (Å²) >= 11 is 31.5. The minimum absolute atomic E-state index is 0.517. The molecule has 116 valence electrons. The zero-order valence-corrected chi connectivity index (χ0v) is 15.4. The first kappa shape index (κ1) is 17.0. The highest BCUT2D eigenvalue weighted by Crippen LogP contribution is 2.44. The van der Waals surface area contributed by atoms with Gasteiger partial charge in [-0.3, -0.25) is 0 Å². The Hall–Kier alpha value is -0.890. The van der Waals surface area contributed by atoms with E-state index in [-0.39, 0.29) is 0 Å². The van der Waals surface area contributed by atoms with Crippen LogP contribution in [0.1, 0.15) is 0 Å². The summed E-state index contributed by atoms with van der Waals surface area (Å²) < 4.78 is 0. The van der Waals surface area contributed by atoms with Crippen molar-refractivity contribution < 1.29 is 0 Å². The Labute approximate surface area is 159 Å². The van der Waals surface area contributed by atoms with Crippen molar-refractivity contribution in [1.29, 1.82) is 0 Å². The number of halogens is 5. The van der Waals surface area contributed by atoms with Crippen LogP contribution < -0.4 is 0 Å². The second-order valence-corrected chi connectivity index (χ2v) is 6.98. The van der Waals surface area contributed by atoms with Crippen molar-refractivity contribution in [2.75, 3.05) is 0 Å². The van der Waals surface area contributed by atoms with Gasteiger partial charge in [0.25, 0.3) is 0 Å². The predicted molar refractivity (Wildman–Crippen MR) is 102 cm³/mol. The summed E-state index contributed by atoms with van der Waals surface area (Å²) in [6.45, 7) is 0. The Morgan fingerprint density at radius 1 is 0.565 bits per heavy atom. The molecule has 0 atom stereocenters. The van der Waals surface area contributed by atoms with Crippen molar-refractivity contribution in [2.24, 2.45) is 0 Å². The molecule has 0 heterocycles. The van der Waals surface area contributed by atoms with Gasteiger partial charge in [-0.05, 0) is 42.0 Å². The lowest BCUT2D eigenvalue weighted by Gasteiger charge is -2.14. The molecule has 0 N–H and O–H groups in total. The summed E-state index contributed by atoms with van der Waals surface area (Å²) in [6.07, 6.45) is 0. The highest BCUT2D eigenvalue weighted by atomic mass is 35.5. The minimum atomic E-state index is 0.517. The molecule has 0 saturated heterocycles. The molecule has 3 aromatic carbocycles. The maximum atomic E-state index is 6.62. The van der Waals surface area contributed by atoms with Crippen LogP contribution in [0.5, 0.6) is 0 Å². The third-order valence-corrected chi connectivity index (χ3v) is 4.93. The SMILES string of the molecule is Clc1ccc(-c2cc(Cl)cc(-c3c(Cl)cccc3Cl)c2Cl)cc1. The topological polar surface area (TPSA) is 0 Å². The average Bonchev–Trinajstić information content (AvgIpc) is 2.51. The minimum Gasteiger partial charge on any atom is -0.0843 e. The third-order valence-electron chi connectivity index (χ3n) is 3.42. The maximum absolute atomic E-state index is 6.62. The number of benzene rings is 3. The highest BCUT2D eigenvalue weighted by molar-refractivity contribution is 6.42. The van der Waals surface area contributed by atoms with Gasteiger partial charge in [0.05, 0.1) is 5.02 Å². The van der Waals surface area contributed by atoms with Gasteiger partial charge in [0.15, 0.2) is 0 Å². The molecule has 0 spiro atoms. The van der Waals surface area contributed by atoms with E-state index in [1.54, 1.807) is 42.5 Å². The van der Waals surface area contributed by atoms with Crippen LogP contribution in [-0.2, 0) is 0 Å². The summed E-state index contributed by atoms with van der Waals surface area (Å²) in [5, 5.41) is 2.77. The van der Waals surface area contributed by atoms with E-state index in [1.807, 2.05) is 12.1 Å². The van der Waals surface area contributed by atoms with Gasteiger partial charge >= 0.3 is 0 Å². The van der Waals surface area contributed by atoms with Gasteiger partial charge in [0.1, 0.15) is 0 Å². The quantitative estimate of drug-likeness (QED) is 0.404. The lowest BCUT2D eigenvalue weighted by atomic mass is 9.98. The molecule has 0 saturated carbocycles. The molecule has 0 aliphatic heterocycles. The molecule has 0 fully saturated rings. The summed E-state index contributed by atoms with van der Waals surface area (Å²) in [4.78, 5) is 0. The molecule has 23 heavy (non-hydrogen) atoms. The van der Waals surface area contributed by atoms with Crippen LogP contribution in [-0.4, -0.2) is 0 Å². The van der Waals surface area contributed by atoms with Gasteiger partial charge in [-0.2, -0.15) is 0 Å². The molecule has 0 radical (unpaired) electrons. The smallest absolute Gasteiger partial charge is 0.0564 e. The molecule has 0 aliphatic rings. The number of hydrogen-bond donors (Lipinski definition) is 0.